The van der Waals surface area contributed by atoms with Gasteiger partial charge in [0.1, 0.15) is 17.9 Å². The molecular formula is C15H17F3N4O2. The zero-order valence-corrected chi connectivity index (χ0v) is 13.2. The Balaban J connectivity index is 1.95. The third-order valence-corrected chi connectivity index (χ3v) is 3.40. The van der Waals surface area contributed by atoms with Crippen LogP contribution in [0.3, 0.4) is 0 Å². The van der Waals surface area contributed by atoms with Gasteiger partial charge in [0, 0.05) is 25.6 Å². The summed E-state index contributed by atoms with van der Waals surface area (Å²) in [5.74, 6) is 0.0878. The minimum Gasteiger partial charge on any atom is -0.496 e. The standard InChI is InChI=1S/C15H17F3N4O2/c1-22-9-19-21-13(22)4-3-5-14(23)20-10-6-7-12(24-2)11(8-10)15(16,17)18/h6-9H,3-5H2,1-2H3,(H,20,23). The van der Waals surface area contributed by atoms with Gasteiger partial charge in [-0.3, -0.25) is 4.79 Å². The van der Waals surface area contributed by atoms with Crippen LogP contribution in [-0.4, -0.2) is 27.8 Å². The van der Waals surface area contributed by atoms with Crippen molar-refractivity contribution in [1.29, 1.82) is 0 Å². The van der Waals surface area contributed by atoms with Gasteiger partial charge in [-0.25, -0.2) is 0 Å². The van der Waals surface area contributed by atoms with Crippen LogP contribution >= 0.6 is 0 Å². The van der Waals surface area contributed by atoms with Crippen molar-refractivity contribution in [2.45, 2.75) is 25.4 Å². The lowest BCUT2D eigenvalue weighted by molar-refractivity contribution is -0.138. The van der Waals surface area contributed by atoms with Crippen LogP contribution in [0, 0.1) is 0 Å². The Bertz CT molecular complexity index is 713. The molecular weight excluding hydrogens is 325 g/mol. The number of aromatic nitrogens is 3. The van der Waals surface area contributed by atoms with Crippen molar-refractivity contribution in [3.05, 3.63) is 35.9 Å². The van der Waals surface area contributed by atoms with E-state index < -0.39 is 11.7 Å². The van der Waals surface area contributed by atoms with Crippen LogP contribution in [0.1, 0.15) is 24.2 Å². The van der Waals surface area contributed by atoms with Gasteiger partial charge in [0.2, 0.25) is 5.91 Å². The van der Waals surface area contributed by atoms with E-state index >= 15 is 0 Å². The molecule has 1 aromatic carbocycles. The second kappa shape index (κ2) is 7.33. The van der Waals surface area contributed by atoms with Crippen LogP contribution in [-0.2, 0) is 24.4 Å². The van der Waals surface area contributed by atoms with E-state index in [1.807, 2.05) is 0 Å². The number of benzene rings is 1. The molecule has 6 nitrogen and oxygen atoms in total. The molecule has 0 spiro atoms. The van der Waals surface area contributed by atoms with E-state index in [0.29, 0.717) is 12.8 Å². The first-order chi connectivity index (χ1) is 11.3. The SMILES string of the molecule is COc1ccc(NC(=O)CCCc2nncn2C)cc1C(F)(F)F. The van der Waals surface area contributed by atoms with E-state index in [4.69, 9.17) is 4.74 Å². The quantitative estimate of drug-likeness (QED) is 0.876. The normalized spacial score (nSPS) is 11.4. The number of rotatable bonds is 6. The van der Waals surface area contributed by atoms with Crippen LogP contribution in [0.15, 0.2) is 24.5 Å². The lowest BCUT2D eigenvalue weighted by atomic mass is 10.1. The molecule has 0 saturated heterocycles. The van der Waals surface area contributed by atoms with Crippen molar-refractivity contribution in [3.63, 3.8) is 0 Å². The molecule has 0 fully saturated rings. The maximum Gasteiger partial charge on any atom is 0.420 e. The van der Waals surface area contributed by atoms with Gasteiger partial charge < -0.3 is 14.6 Å². The van der Waals surface area contributed by atoms with Gasteiger partial charge in [-0.15, -0.1) is 10.2 Å². The molecule has 0 saturated carbocycles. The zero-order chi connectivity index (χ0) is 17.7. The summed E-state index contributed by atoms with van der Waals surface area (Å²) < 4.78 is 45.3. The molecule has 0 atom stereocenters. The molecule has 1 heterocycles. The van der Waals surface area contributed by atoms with Crippen molar-refractivity contribution in [1.82, 2.24) is 14.8 Å². The summed E-state index contributed by atoms with van der Waals surface area (Å²) in [6.45, 7) is 0. The summed E-state index contributed by atoms with van der Waals surface area (Å²) in [5.41, 5.74) is -0.853. The molecule has 1 N–H and O–H groups in total. The second-order valence-corrected chi connectivity index (χ2v) is 5.17. The highest BCUT2D eigenvalue weighted by atomic mass is 19.4. The molecule has 0 aliphatic heterocycles. The molecule has 9 heteroatoms. The number of hydrogen-bond acceptors (Lipinski definition) is 4. The van der Waals surface area contributed by atoms with Gasteiger partial charge in [-0.1, -0.05) is 0 Å². The lowest BCUT2D eigenvalue weighted by Crippen LogP contribution is -2.14. The fraction of sp³-hybridized carbons (Fsp3) is 0.400. The number of ether oxygens (including phenoxy) is 1. The average Bonchev–Trinajstić information content (AvgIpc) is 2.92. The first-order valence-electron chi connectivity index (χ1n) is 7.19. The highest BCUT2D eigenvalue weighted by Crippen LogP contribution is 2.37. The third-order valence-electron chi connectivity index (χ3n) is 3.40. The van der Waals surface area contributed by atoms with E-state index in [0.717, 1.165) is 19.0 Å². The number of methoxy groups -OCH3 is 1. The number of carbonyl (C=O) groups excluding carboxylic acids is 1. The monoisotopic (exact) mass is 342 g/mol. The van der Waals surface area contributed by atoms with Crippen molar-refractivity contribution in [2.75, 3.05) is 12.4 Å². The predicted octanol–water partition coefficient (Wildman–Crippen LogP) is 2.80. The smallest absolute Gasteiger partial charge is 0.420 e. The molecule has 1 amide bonds. The summed E-state index contributed by atoms with van der Waals surface area (Å²) in [6, 6.07) is 3.41. The Morgan fingerprint density at radius 2 is 2.12 bits per heavy atom. The van der Waals surface area contributed by atoms with Gasteiger partial charge in [0.05, 0.1) is 12.7 Å². The number of nitrogens with zero attached hydrogens (tertiary/aromatic N) is 3. The highest BCUT2D eigenvalue weighted by Gasteiger charge is 2.34. The van der Waals surface area contributed by atoms with Gasteiger partial charge in [0.15, 0.2) is 0 Å². The van der Waals surface area contributed by atoms with Crippen LogP contribution in [0.5, 0.6) is 5.75 Å². The van der Waals surface area contributed by atoms with Gasteiger partial charge in [-0.2, -0.15) is 13.2 Å². The lowest BCUT2D eigenvalue weighted by Gasteiger charge is -2.14. The van der Waals surface area contributed by atoms with E-state index in [-0.39, 0.29) is 23.8 Å². The van der Waals surface area contributed by atoms with Crippen molar-refractivity contribution in [2.24, 2.45) is 7.05 Å². The molecule has 0 aliphatic carbocycles. The first kappa shape index (κ1) is 17.8. The largest absolute Gasteiger partial charge is 0.496 e. The minimum absolute atomic E-state index is 0.0757. The second-order valence-electron chi connectivity index (χ2n) is 5.17. The van der Waals surface area contributed by atoms with Crippen molar-refractivity contribution in [3.8, 4) is 5.75 Å². The number of anilines is 1. The Hall–Kier alpha value is -2.58. The van der Waals surface area contributed by atoms with Crippen molar-refractivity contribution < 1.29 is 22.7 Å². The number of halogens is 3. The van der Waals surface area contributed by atoms with Crippen LogP contribution < -0.4 is 10.1 Å². The third kappa shape index (κ3) is 4.46. The highest BCUT2D eigenvalue weighted by molar-refractivity contribution is 5.90. The Morgan fingerprint density at radius 1 is 1.38 bits per heavy atom. The Labute approximate surface area is 136 Å². The molecule has 1 aromatic heterocycles. The van der Waals surface area contributed by atoms with Gasteiger partial charge >= 0.3 is 6.18 Å². The number of aryl methyl sites for hydroxylation is 2. The molecule has 0 bridgehead atoms. The molecule has 130 valence electrons. The maximum atomic E-state index is 12.9. The Morgan fingerprint density at radius 3 is 2.71 bits per heavy atom. The summed E-state index contributed by atoms with van der Waals surface area (Å²) in [5, 5.41) is 10.1. The van der Waals surface area contributed by atoms with Crippen LogP contribution in [0.4, 0.5) is 18.9 Å². The number of carbonyl (C=O) groups is 1. The number of hydrogen-bond donors (Lipinski definition) is 1. The fourth-order valence-corrected chi connectivity index (χ4v) is 2.17. The number of amides is 1. The zero-order valence-electron chi connectivity index (χ0n) is 13.2. The van der Waals surface area contributed by atoms with E-state index in [1.165, 1.54) is 12.1 Å². The molecule has 24 heavy (non-hydrogen) atoms. The van der Waals surface area contributed by atoms with E-state index in [9.17, 15) is 18.0 Å². The van der Waals surface area contributed by atoms with E-state index in [1.54, 1.807) is 17.9 Å². The summed E-state index contributed by atoms with van der Waals surface area (Å²) in [6.07, 6.45) is -1.76. The van der Waals surface area contributed by atoms with E-state index in [2.05, 4.69) is 15.5 Å². The number of alkyl halides is 3. The van der Waals surface area contributed by atoms with Crippen molar-refractivity contribution >= 4 is 11.6 Å². The molecule has 0 radical (unpaired) electrons. The molecule has 0 unspecified atom stereocenters. The molecule has 2 rings (SSSR count). The number of nitrogens with one attached hydrogen (secondary N) is 1. The predicted molar refractivity (Wildman–Crippen MR) is 80.6 cm³/mol. The van der Waals surface area contributed by atoms with Gasteiger partial charge in [-0.05, 0) is 24.6 Å². The van der Waals surface area contributed by atoms with Gasteiger partial charge in [0.25, 0.3) is 0 Å². The Kier molecular flexibility index (Phi) is 5.42. The first-order valence-corrected chi connectivity index (χ1v) is 7.19. The molecule has 2 aromatic rings. The van der Waals surface area contributed by atoms with Crippen LogP contribution in [0.2, 0.25) is 0 Å². The average molecular weight is 342 g/mol. The maximum absolute atomic E-state index is 12.9. The minimum atomic E-state index is -4.56. The summed E-state index contributed by atoms with van der Waals surface area (Å²) in [7, 11) is 2.96. The fourth-order valence-electron chi connectivity index (χ4n) is 2.17. The molecule has 0 aliphatic rings. The summed E-state index contributed by atoms with van der Waals surface area (Å²) in [4.78, 5) is 11.9. The van der Waals surface area contributed by atoms with Crippen LogP contribution in [0.25, 0.3) is 0 Å². The topological polar surface area (TPSA) is 69.0 Å². The summed E-state index contributed by atoms with van der Waals surface area (Å²) >= 11 is 0.